The average molecular weight is 354 g/mol. The quantitative estimate of drug-likeness (QED) is 0.323. The number of hydrogen-bond donors (Lipinski definition) is 3. The molecular formula is C15H22N4O4S. The molecule has 1 aromatic carbocycles. The third kappa shape index (κ3) is 7.23. The molecule has 0 unspecified atom stereocenters. The highest BCUT2D eigenvalue weighted by Gasteiger charge is 2.15. The molecule has 0 heterocycles. The van der Waals surface area contributed by atoms with Crippen molar-refractivity contribution >= 4 is 34.8 Å². The minimum absolute atomic E-state index is 0.0565. The number of benzene rings is 1. The lowest BCUT2D eigenvalue weighted by Gasteiger charge is -2.19. The molecular weight excluding hydrogens is 332 g/mol. The van der Waals surface area contributed by atoms with Crippen LogP contribution in [0.15, 0.2) is 18.2 Å². The predicted octanol–water partition coefficient (Wildman–Crippen LogP) is 2.71. The van der Waals surface area contributed by atoms with Crippen LogP contribution < -0.4 is 16.0 Å². The number of amides is 1. The summed E-state index contributed by atoms with van der Waals surface area (Å²) in [6.45, 7) is 7.78. The number of nitro groups is 1. The van der Waals surface area contributed by atoms with Crippen LogP contribution in [-0.2, 0) is 4.74 Å². The lowest BCUT2D eigenvalue weighted by Crippen LogP contribution is -2.39. The van der Waals surface area contributed by atoms with Crippen molar-refractivity contribution in [1.29, 1.82) is 0 Å². The Labute approximate surface area is 146 Å². The predicted molar refractivity (Wildman–Crippen MR) is 96.3 cm³/mol. The van der Waals surface area contributed by atoms with Crippen molar-refractivity contribution in [3.8, 4) is 0 Å². The number of aryl methyl sites for hydroxylation is 1. The molecule has 132 valence electrons. The summed E-state index contributed by atoms with van der Waals surface area (Å²) in [6.07, 6.45) is -0.492. The highest BCUT2D eigenvalue weighted by Crippen LogP contribution is 2.21. The molecule has 8 nitrogen and oxygen atoms in total. The molecule has 1 aromatic rings. The molecule has 24 heavy (non-hydrogen) atoms. The fourth-order valence-electron chi connectivity index (χ4n) is 1.77. The van der Waals surface area contributed by atoms with E-state index in [-0.39, 0.29) is 5.69 Å². The number of anilines is 1. The molecule has 0 saturated heterocycles. The lowest BCUT2D eigenvalue weighted by atomic mass is 10.2. The molecule has 0 aliphatic carbocycles. The number of nitrogens with one attached hydrogen (secondary N) is 3. The van der Waals surface area contributed by atoms with Crippen LogP contribution in [0.2, 0.25) is 0 Å². The summed E-state index contributed by atoms with van der Waals surface area (Å²) in [7, 11) is 0. The molecule has 9 heteroatoms. The van der Waals surface area contributed by atoms with Crippen LogP contribution in [0.3, 0.4) is 0 Å². The van der Waals surface area contributed by atoms with E-state index in [1.165, 1.54) is 6.07 Å². The number of hydrogen-bond acceptors (Lipinski definition) is 5. The van der Waals surface area contributed by atoms with E-state index in [4.69, 9.17) is 17.0 Å². The summed E-state index contributed by atoms with van der Waals surface area (Å²) < 4.78 is 5.10. The fraction of sp³-hybridized carbons (Fsp3) is 0.467. The van der Waals surface area contributed by atoms with Crippen molar-refractivity contribution in [1.82, 2.24) is 10.6 Å². The molecule has 0 radical (unpaired) electrons. The topological polar surface area (TPSA) is 106 Å². The maximum absolute atomic E-state index is 11.5. The summed E-state index contributed by atoms with van der Waals surface area (Å²) in [6, 6.07) is 4.65. The number of rotatable bonds is 5. The molecule has 0 atom stereocenters. The number of ether oxygens (including phenoxy) is 1. The van der Waals surface area contributed by atoms with E-state index >= 15 is 0 Å². The summed E-state index contributed by atoms with van der Waals surface area (Å²) in [4.78, 5) is 21.8. The van der Waals surface area contributed by atoms with Crippen LogP contribution in [0.1, 0.15) is 26.3 Å². The second kappa shape index (κ2) is 8.44. The first-order chi connectivity index (χ1) is 11.1. The van der Waals surface area contributed by atoms with Crippen molar-refractivity contribution < 1.29 is 14.5 Å². The molecule has 0 aliphatic rings. The second-order valence-electron chi connectivity index (χ2n) is 6.07. The standard InChI is InChI=1S/C15H22N4O4S/c1-10-9-11(5-6-12(10)19(21)22)18-13(24)16-7-8-17-14(20)23-15(2,3)4/h5-6,9H,7-8H2,1-4H3,(H,17,20)(H2,16,18,24). The largest absolute Gasteiger partial charge is 0.444 e. The number of carbonyl (C=O) groups excluding carboxylic acids is 1. The van der Waals surface area contributed by atoms with Gasteiger partial charge < -0.3 is 20.7 Å². The Bertz CT molecular complexity index is 628. The van der Waals surface area contributed by atoms with Crippen molar-refractivity contribution in [3.05, 3.63) is 33.9 Å². The highest BCUT2D eigenvalue weighted by atomic mass is 32.1. The van der Waals surface area contributed by atoms with E-state index in [0.29, 0.717) is 29.5 Å². The van der Waals surface area contributed by atoms with Gasteiger partial charge in [-0.15, -0.1) is 0 Å². The number of alkyl carbamates (subject to hydrolysis) is 1. The van der Waals surface area contributed by atoms with E-state index in [9.17, 15) is 14.9 Å². The molecule has 0 aliphatic heterocycles. The minimum atomic E-state index is -0.540. The SMILES string of the molecule is Cc1cc(NC(=S)NCCNC(=O)OC(C)(C)C)ccc1[N+](=O)[O-]. The van der Waals surface area contributed by atoms with Gasteiger partial charge in [-0.05, 0) is 52.0 Å². The maximum Gasteiger partial charge on any atom is 0.407 e. The van der Waals surface area contributed by atoms with Gasteiger partial charge >= 0.3 is 6.09 Å². The van der Waals surface area contributed by atoms with Crippen LogP contribution >= 0.6 is 12.2 Å². The third-order valence-corrected chi connectivity index (χ3v) is 2.98. The minimum Gasteiger partial charge on any atom is -0.444 e. The average Bonchev–Trinajstić information content (AvgIpc) is 2.41. The summed E-state index contributed by atoms with van der Waals surface area (Å²) >= 11 is 5.13. The maximum atomic E-state index is 11.5. The Hall–Kier alpha value is -2.42. The molecule has 1 rings (SSSR count). The lowest BCUT2D eigenvalue weighted by molar-refractivity contribution is -0.385. The molecule has 0 aromatic heterocycles. The Balaban J connectivity index is 2.36. The van der Waals surface area contributed by atoms with E-state index in [2.05, 4.69) is 16.0 Å². The number of nitrogens with zero attached hydrogens (tertiary/aromatic N) is 1. The van der Waals surface area contributed by atoms with Crippen molar-refractivity contribution in [2.24, 2.45) is 0 Å². The van der Waals surface area contributed by atoms with Gasteiger partial charge in [-0.2, -0.15) is 0 Å². The number of thiocarbonyl (C=S) groups is 1. The van der Waals surface area contributed by atoms with Gasteiger partial charge in [0.2, 0.25) is 0 Å². The van der Waals surface area contributed by atoms with E-state index in [0.717, 1.165) is 0 Å². The zero-order chi connectivity index (χ0) is 18.3. The van der Waals surface area contributed by atoms with Crippen molar-refractivity contribution in [2.45, 2.75) is 33.3 Å². The Morgan fingerprint density at radius 3 is 2.46 bits per heavy atom. The van der Waals surface area contributed by atoms with E-state index < -0.39 is 16.6 Å². The number of carbonyl (C=O) groups is 1. The van der Waals surface area contributed by atoms with Gasteiger partial charge in [0.25, 0.3) is 5.69 Å². The number of nitro benzene ring substituents is 1. The molecule has 0 spiro atoms. The first-order valence-corrected chi connectivity index (χ1v) is 7.76. The van der Waals surface area contributed by atoms with Crippen molar-refractivity contribution in [2.75, 3.05) is 18.4 Å². The summed E-state index contributed by atoms with van der Waals surface area (Å²) in [5, 5.41) is 19.6. The highest BCUT2D eigenvalue weighted by molar-refractivity contribution is 7.80. The third-order valence-electron chi connectivity index (χ3n) is 2.73. The Morgan fingerprint density at radius 2 is 1.92 bits per heavy atom. The van der Waals surface area contributed by atoms with Crippen molar-refractivity contribution in [3.63, 3.8) is 0 Å². The van der Waals surface area contributed by atoms with Crippen LogP contribution in [-0.4, -0.2) is 34.8 Å². The normalized spacial score (nSPS) is 10.7. The van der Waals surface area contributed by atoms with E-state index in [1.807, 2.05) is 0 Å². The monoisotopic (exact) mass is 354 g/mol. The molecule has 3 N–H and O–H groups in total. The zero-order valence-corrected chi connectivity index (χ0v) is 15.0. The Morgan fingerprint density at radius 1 is 1.29 bits per heavy atom. The Kier molecular flexibility index (Phi) is 6.90. The summed E-state index contributed by atoms with van der Waals surface area (Å²) in [5.41, 5.74) is 0.707. The van der Waals surface area contributed by atoms with Gasteiger partial charge in [0.1, 0.15) is 5.60 Å². The van der Waals surface area contributed by atoms with Gasteiger partial charge in [0, 0.05) is 30.4 Å². The van der Waals surface area contributed by atoms with Crippen LogP contribution in [0.5, 0.6) is 0 Å². The van der Waals surface area contributed by atoms with Crippen LogP contribution in [0, 0.1) is 17.0 Å². The van der Waals surface area contributed by atoms with Gasteiger partial charge in [-0.1, -0.05) is 0 Å². The molecule has 1 amide bonds. The summed E-state index contributed by atoms with van der Waals surface area (Å²) in [5.74, 6) is 0. The molecule has 0 fully saturated rings. The fourth-order valence-corrected chi connectivity index (χ4v) is 1.99. The van der Waals surface area contributed by atoms with Crippen LogP contribution in [0.25, 0.3) is 0 Å². The first-order valence-electron chi connectivity index (χ1n) is 7.35. The van der Waals surface area contributed by atoms with E-state index in [1.54, 1.807) is 39.8 Å². The molecule has 0 bridgehead atoms. The van der Waals surface area contributed by atoms with Gasteiger partial charge in [0.05, 0.1) is 4.92 Å². The second-order valence-corrected chi connectivity index (χ2v) is 6.48. The van der Waals surface area contributed by atoms with Gasteiger partial charge in [-0.3, -0.25) is 10.1 Å². The first kappa shape index (κ1) is 19.6. The molecule has 0 saturated carbocycles. The van der Waals surface area contributed by atoms with Crippen LogP contribution in [0.4, 0.5) is 16.2 Å². The zero-order valence-electron chi connectivity index (χ0n) is 14.1. The van der Waals surface area contributed by atoms with Gasteiger partial charge in [-0.25, -0.2) is 4.79 Å². The smallest absolute Gasteiger partial charge is 0.407 e. The van der Waals surface area contributed by atoms with Gasteiger partial charge in [0.15, 0.2) is 5.11 Å².